The molecule has 6 heteroatoms. The number of anilines is 1. The number of benzene rings is 1. The maximum atomic E-state index is 12.0. The van der Waals surface area contributed by atoms with Crippen LogP contribution in [0.25, 0.3) is 0 Å². The number of nitrogens with one attached hydrogen (secondary N) is 1. The Hall–Kier alpha value is -1.49. The van der Waals surface area contributed by atoms with E-state index >= 15 is 0 Å². The molecule has 0 aliphatic rings. The van der Waals surface area contributed by atoms with Gasteiger partial charge in [-0.05, 0) is 37.3 Å². The molecule has 1 N–H and O–H groups in total. The van der Waals surface area contributed by atoms with Gasteiger partial charge < -0.3 is 14.5 Å². The minimum Gasteiger partial charge on any atom is -0.453 e. The van der Waals surface area contributed by atoms with Crippen LogP contribution in [-0.4, -0.2) is 12.5 Å². The third-order valence-electron chi connectivity index (χ3n) is 2.45. The van der Waals surface area contributed by atoms with Gasteiger partial charge in [-0.25, -0.2) is 0 Å². The van der Waals surface area contributed by atoms with Gasteiger partial charge in [-0.1, -0.05) is 23.2 Å². The number of amides is 1. The Balaban J connectivity index is 2.05. The van der Waals surface area contributed by atoms with Gasteiger partial charge in [-0.15, -0.1) is 0 Å². The number of rotatable bonds is 5. The lowest BCUT2D eigenvalue weighted by Gasteiger charge is -2.04. The molecule has 20 heavy (non-hydrogen) atoms. The van der Waals surface area contributed by atoms with Crippen molar-refractivity contribution < 1.29 is 13.9 Å². The monoisotopic (exact) mass is 313 g/mol. The van der Waals surface area contributed by atoms with Crippen LogP contribution < -0.4 is 5.32 Å². The summed E-state index contributed by atoms with van der Waals surface area (Å²) >= 11 is 11.7. The number of hydrogen-bond acceptors (Lipinski definition) is 3. The fraction of sp³-hybridized carbons (Fsp3) is 0.214. The molecule has 0 spiro atoms. The number of carbonyl (C=O) groups is 1. The van der Waals surface area contributed by atoms with Gasteiger partial charge >= 0.3 is 0 Å². The summed E-state index contributed by atoms with van der Waals surface area (Å²) in [6.45, 7) is 2.81. The van der Waals surface area contributed by atoms with Gasteiger partial charge in [0.25, 0.3) is 5.91 Å². The first-order valence-electron chi connectivity index (χ1n) is 6.02. The predicted octanol–water partition coefficient (Wildman–Crippen LogP) is 4.38. The molecule has 0 saturated heterocycles. The molecule has 0 unspecified atom stereocenters. The Morgan fingerprint density at radius 1 is 1.25 bits per heavy atom. The lowest BCUT2D eigenvalue weighted by molar-refractivity contribution is 0.0972. The Bertz CT molecular complexity index is 590. The molecule has 1 heterocycles. The first kappa shape index (κ1) is 14.9. The Morgan fingerprint density at radius 3 is 2.60 bits per heavy atom. The van der Waals surface area contributed by atoms with Crippen LogP contribution in [0.4, 0.5) is 5.69 Å². The second-order valence-corrected chi connectivity index (χ2v) is 4.89. The SMILES string of the molecule is CCOCc1ccc(C(=O)Nc2cc(Cl)cc(Cl)c2)o1. The van der Waals surface area contributed by atoms with Gasteiger partial charge in [0.05, 0.1) is 0 Å². The highest BCUT2D eigenvalue weighted by Crippen LogP contribution is 2.23. The summed E-state index contributed by atoms with van der Waals surface area (Å²) < 4.78 is 10.6. The molecule has 0 aliphatic heterocycles. The van der Waals surface area contributed by atoms with E-state index in [1.807, 2.05) is 6.92 Å². The number of carbonyl (C=O) groups excluding carboxylic acids is 1. The van der Waals surface area contributed by atoms with E-state index in [9.17, 15) is 4.79 Å². The van der Waals surface area contributed by atoms with Gasteiger partial charge in [0, 0.05) is 22.3 Å². The van der Waals surface area contributed by atoms with Crippen LogP contribution in [-0.2, 0) is 11.3 Å². The molecule has 0 atom stereocenters. The van der Waals surface area contributed by atoms with Crippen LogP contribution in [0.1, 0.15) is 23.2 Å². The first-order chi connectivity index (χ1) is 9.58. The van der Waals surface area contributed by atoms with E-state index in [1.54, 1.807) is 30.3 Å². The molecule has 0 radical (unpaired) electrons. The van der Waals surface area contributed by atoms with Crippen molar-refractivity contribution in [2.24, 2.45) is 0 Å². The zero-order valence-corrected chi connectivity index (χ0v) is 12.3. The van der Waals surface area contributed by atoms with Crippen molar-refractivity contribution in [1.82, 2.24) is 0 Å². The minimum absolute atomic E-state index is 0.204. The van der Waals surface area contributed by atoms with Crippen molar-refractivity contribution in [3.63, 3.8) is 0 Å². The molecule has 2 aromatic rings. The molecule has 106 valence electrons. The van der Waals surface area contributed by atoms with Gasteiger partial charge in [-0.2, -0.15) is 0 Å². The molecule has 0 bridgehead atoms. The van der Waals surface area contributed by atoms with Gasteiger partial charge in [0.2, 0.25) is 0 Å². The van der Waals surface area contributed by atoms with E-state index in [-0.39, 0.29) is 11.7 Å². The average Bonchev–Trinajstić information content (AvgIpc) is 2.83. The fourth-order valence-electron chi connectivity index (χ4n) is 1.60. The summed E-state index contributed by atoms with van der Waals surface area (Å²) in [5.41, 5.74) is 0.509. The Kier molecular flexibility index (Phi) is 5.06. The average molecular weight is 314 g/mol. The molecule has 1 aromatic heterocycles. The second-order valence-electron chi connectivity index (χ2n) is 4.02. The highest BCUT2D eigenvalue weighted by Gasteiger charge is 2.12. The Labute approximate surface area is 126 Å². The van der Waals surface area contributed by atoms with Crippen molar-refractivity contribution in [2.45, 2.75) is 13.5 Å². The van der Waals surface area contributed by atoms with E-state index in [2.05, 4.69) is 5.32 Å². The topological polar surface area (TPSA) is 51.5 Å². The smallest absolute Gasteiger partial charge is 0.291 e. The number of hydrogen-bond donors (Lipinski definition) is 1. The van der Waals surface area contributed by atoms with Gasteiger partial charge in [-0.3, -0.25) is 4.79 Å². The van der Waals surface area contributed by atoms with Crippen LogP contribution in [0.2, 0.25) is 10.0 Å². The zero-order valence-electron chi connectivity index (χ0n) is 10.8. The van der Waals surface area contributed by atoms with Crippen molar-refractivity contribution >= 4 is 34.8 Å². The molecule has 1 amide bonds. The summed E-state index contributed by atoms with van der Waals surface area (Å²) in [4.78, 5) is 12.0. The maximum absolute atomic E-state index is 12.0. The van der Waals surface area contributed by atoms with Crippen LogP contribution in [0.15, 0.2) is 34.7 Å². The third-order valence-corrected chi connectivity index (χ3v) is 2.89. The first-order valence-corrected chi connectivity index (χ1v) is 6.78. The summed E-state index contributed by atoms with van der Waals surface area (Å²) in [5.74, 6) is 0.433. The molecular weight excluding hydrogens is 301 g/mol. The number of ether oxygens (including phenoxy) is 1. The molecule has 1 aromatic carbocycles. The van der Waals surface area contributed by atoms with Crippen LogP contribution >= 0.6 is 23.2 Å². The van der Waals surface area contributed by atoms with Gasteiger partial charge in [0.15, 0.2) is 5.76 Å². The fourth-order valence-corrected chi connectivity index (χ4v) is 2.12. The van der Waals surface area contributed by atoms with E-state index in [4.69, 9.17) is 32.4 Å². The summed E-state index contributed by atoms with van der Waals surface area (Å²) in [5, 5.41) is 3.56. The van der Waals surface area contributed by atoms with Crippen molar-refractivity contribution in [2.75, 3.05) is 11.9 Å². The number of halogens is 2. The molecular formula is C14H13Cl2NO3. The van der Waals surface area contributed by atoms with E-state index in [1.165, 1.54) is 0 Å². The molecule has 2 rings (SSSR count). The third kappa shape index (κ3) is 4.00. The summed E-state index contributed by atoms with van der Waals surface area (Å²) in [7, 11) is 0. The molecule has 0 fully saturated rings. The summed E-state index contributed by atoms with van der Waals surface area (Å²) in [6.07, 6.45) is 0. The second kappa shape index (κ2) is 6.79. The van der Waals surface area contributed by atoms with E-state index in [0.29, 0.717) is 34.7 Å². The lowest BCUT2D eigenvalue weighted by Crippen LogP contribution is -2.10. The quantitative estimate of drug-likeness (QED) is 0.891. The van der Waals surface area contributed by atoms with Crippen LogP contribution in [0.3, 0.4) is 0 Å². The maximum Gasteiger partial charge on any atom is 0.291 e. The van der Waals surface area contributed by atoms with Crippen molar-refractivity contribution in [3.8, 4) is 0 Å². The lowest BCUT2D eigenvalue weighted by atomic mass is 10.3. The van der Waals surface area contributed by atoms with Crippen LogP contribution in [0.5, 0.6) is 0 Å². The van der Waals surface area contributed by atoms with E-state index < -0.39 is 0 Å². The highest BCUT2D eigenvalue weighted by molar-refractivity contribution is 6.35. The molecule has 0 saturated carbocycles. The standard InChI is InChI=1S/C14H13Cl2NO3/c1-2-19-8-12-3-4-13(20-12)14(18)17-11-6-9(15)5-10(16)7-11/h3-7H,2,8H2,1H3,(H,17,18). The highest BCUT2D eigenvalue weighted by atomic mass is 35.5. The van der Waals surface area contributed by atoms with E-state index in [0.717, 1.165) is 0 Å². The van der Waals surface area contributed by atoms with Gasteiger partial charge in [0.1, 0.15) is 12.4 Å². The van der Waals surface area contributed by atoms with Crippen molar-refractivity contribution in [1.29, 1.82) is 0 Å². The molecule has 4 nitrogen and oxygen atoms in total. The number of furan rings is 1. The minimum atomic E-state index is -0.369. The van der Waals surface area contributed by atoms with Crippen LogP contribution in [0, 0.1) is 0 Å². The molecule has 0 aliphatic carbocycles. The van der Waals surface area contributed by atoms with Crippen molar-refractivity contribution in [3.05, 3.63) is 51.9 Å². The normalized spacial score (nSPS) is 10.6. The largest absolute Gasteiger partial charge is 0.453 e. The summed E-state index contributed by atoms with van der Waals surface area (Å²) in [6, 6.07) is 8.10. The Morgan fingerprint density at radius 2 is 1.95 bits per heavy atom. The predicted molar refractivity (Wildman–Crippen MR) is 78.5 cm³/mol. The zero-order chi connectivity index (χ0) is 14.5.